The highest BCUT2D eigenvalue weighted by atomic mass is 79.9. The lowest BCUT2D eigenvalue weighted by atomic mass is 10.1. The normalized spacial score (nSPS) is 9.23. The monoisotopic (exact) mass is 241 g/mol. The van der Waals surface area contributed by atoms with Crippen molar-refractivity contribution in [3.8, 4) is 11.8 Å². The molecule has 5 heteroatoms. The Bertz CT molecular complexity index is 409. The molecule has 1 aromatic rings. The number of phenols is 1. The lowest BCUT2D eigenvalue weighted by molar-refractivity contribution is 0.0696. The summed E-state index contributed by atoms with van der Waals surface area (Å²) in [5.74, 6) is -1.43. The van der Waals surface area contributed by atoms with E-state index in [0.717, 1.165) is 6.07 Å². The Morgan fingerprint density at radius 3 is 2.62 bits per heavy atom. The fourth-order valence-corrected chi connectivity index (χ4v) is 1.13. The molecule has 0 aliphatic carbocycles. The molecule has 1 aromatic carbocycles. The van der Waals surface area contributed by atoms with E-state index in [1.165, 1.54) is 6.07 Å². The topological polar surface area (TPSA) is 81.3 Å². The number of carbonyl (C=O) groups is 1. The molecule has 13 heavy (non-hydrogen) atoms. The Balaban J connectivity index is 3.41. The molecule has 0 saturated heterocycles. The van der Waals surface area contributed by atoms with Gasteiger partial charge in [0.2, 0.25) is 0 Å². The number of aromatic hydroxyl groups is 1. The highest BCUT2D eigenvalue weighted by molar-refractivity contribution is 9.10. The molecule has 2 N–H and O–H groups in total. The lowest BCUT2D eigenvalue weighted by Gasteiger charge is -2.00. The van der Waals surface area contributed by atoms with Gasteiger partial charge in [0.1, 0.15) is 11.8 Å². The van der Waals surface area contributed by atoms with Crippen molar-refractivity contribution in [3.05, 3.63) is 27.7 Å². The second-order valence-corrected chi connectivity index (χ2v) is 3.07. The van der Waals surface area contributed by atoms with Gasteiger partial charge in [0.05, 0.1) is 15.6 Å². The summed E-state index contributed by atoms with van der Waals surface area (Å²) in [4.78, 5) is 10.5. The molecular weight excluding hydrogens is 238 g/mol. The number of nitrogens with zero attached hydrogens (tertiary/aromatic N) is 1. The summed E-state index contributed by atoms with van der Waals surface area (Å²) in [6, 6.07) is 4.02. The number of carboxylic acid groups (broad SMARTS) is 1. The predicted molar refractivity (Wildman–Crippen MR) is 47.5 cm³/mol. The van der Waals surface area contributed by atoms with Gasteiger partial charge in [-0.2, -0.15) is 5.26 Å². The minimum absolute atomic E-state index is 0.0948. The van der Waals surface area contributed by atoms with E-state index < -0.39 is 5.97 Å². The molecule has 0 aliphatic heterocycles. The van der Waals surface area contributed by atoms with Crippen LogP contribution < -0.4 is 0 Å². The standard InChI is InChI=1S/C8H4BrNO3/c9-7-5(3-10)1-4(8(12)13)2-6(7)11/h1-2,11H,(H,12,13). The van der Waals surface area contributed by atoms with Crippen LogP contribution in [0.2, 0.25) is 0 Å². The quantitative estimate of drug-likeness (QED) is 0.785. The Hall–Kier alpha value is -1.54. The Morgan fingerprint density at radius 2 is 2.15 bits per heavy atom. The van der Waals surface area contributed by atoms with Crippen LogP contribution in [-0.4, -0.2) is 16.2 Å². The van der Waals surface area contributed by atoms with Gasteiger partial charge in [0.15, 0.2) is 0 Å². The molecule has 0 radical (unpaired) electrons. The van der Waals surface area contributed by atoms with Gasteiger partial charge >= 0.3 is 5.97 Å². The van der Waals surface area contributed by atoms with Crippen molar-refractivity contribution >= 4 is 21.9 Å². The summed E-state index contributed by atoms with van der Waals surface area (Å²) < 4.78 is 0.208. The fraction of sp³-hybridized carbons (Fsp3) is 0. The first-order valence-corrected chi connectivity index (χ1v) is 4.01. The van der Waals surface area contributed by atoms with Crippen molar-refractivity contribution in [1.82, 2.24) is 0 Å². The number of halogens is 1. The van der Waals surface area contributed by atoms with E-state index in [1.807, 2.05) is 0 Å². The first-order chi connectivity index (χ1) is 6.06. The third kappa shape index (κ3) is 1.79. The predicted octanol–water partition coefficient (Wildman–Crippen LogP) is 1.72. The zero-order valence-corrected chi connectivity index (χ0v) is 7.87. The van der Waals surface area contributed by atoms with Gasteiger partial charge in [0.25, 0.3) is 0 Å². The molecule has 0 bridgehead atoms. The van der Waals surface area contributed by atoms with E-state index in [2.05, 4.69) is 15.9 Å². The van der Waals surface area contributed by atoms with Crippen LogP contribution in [0.1, 0.15) is 15.9 Å². The number of phenolic OH excluding ortho intramolecular Hbond substituents is 1. The summed E-state index contributed by atoms with van der Waals surface area (Å²) in [5.41, 5.74) is -0.0188. The lowest BCUT2D eigenvalue weighted by Crippen LogP contribution is -1.97. The van der Waals surface area contributed by atoms with Gasteiger partial charge in [-0.25, -0.2) is 4.79 Å². The Labute approximate surface area is 82.2 Å². The summed E-state index contributed by atoms with van der Waals surface area (Å²) in [6.45, 7) is 0. The molecule has 0 spiro atoms. The highest BCUT2D eigenvalue weighted by Gasteiger charge is 2.11. The third-order valence-electron chi connectivity index (χ3n) is 1.42. The first-order valence-electron chi connectivity index (χ1n) is 3.22. The van der Waals surface area contributed by atoms with Crippen molar-refractivity contribution in [2.45, 2.75) is 0 Å². The van der Waals surface area contributed by atoms with E-state index in [-0.39, 0.29) is 21.3 Å². The maximum atomic E-state index is 10.5. The van der Waals surface area contributed by atoms with E-state index >= 15 is 0 Å². The van der Waals surface area contributed by atoms with Crippen LogP contribution in [0.5, 0.6) is 5.75 Å². The van der Waals surface area contributed by atoms with Gasteiger partial charge < -0.3 is 10.2 Å². The van der Waals surface area contributed by atoms with Crippen LogP contribution in [0.25, 0.3) is 0 Å². The maximum absolute atomic E-state index is 10.5. The van der Waals surface area contributed by atoms with E-state index in [1.54, 1.807) is 6.07 Å². The average Bonchev–Trinajstić information content (AvgIpc) is 2.09. The molecule has 1 rings (SSSR count). The van der Waals surface area contributed by atoms with Crippen LogP contribution in [0.15, 0.2) is 16.6 Å². The number of hydrogen-bond donors (Lipinski definition) is 2. The maximum Gasteiger partial charge on any atom is 0.335 e. The molecule has 0 atom stereocenters. The molecule has 4 nitrogen and oxygen atoms in total. The van der Waals surface area contributed by atoms with Crippen LogP contribution in [-0.2, 0) is 0 Å². The van der Waals surface area contributed by atoms with Gasteiger partial charge in [-0.3, -0.25) is 0 Å². The second-order valence-electron chi connectivity index (χ2n) is 2.27. The van der Waals surface area contributed by atoms with Crippen molar-refractivity contribution < 1.29 is 15.0 Å². The number of benzene rings is 1. The molecule has 0 aromatic heterocycles. The summed E-state index contributed by atoms with van der Waals surface area (Å²) in [5, 5.41) is 26.3. The number of carboxylic acids is 1. The minimum Gasteiger partial charge on any atom is -0.507 e. The van der Waals surface area contributed by atoms with Gasteiger partial charge in [-0.05, 0) is 28.1 Å². The van der Waals surface area contributed by atoms with Gasteiger partial charge in [-0.15, -0.1) is 0 Å². The number of aromatic carboxylic acids is 1. The molecule has 0 amide bonds. The first kappa shape index (κ1) is 9.55. The SMILES string of the molecule is N#Cc1cc(C(=O)O)cc(O)c1Br. The second kappa shape index (κ2) is 3.46. The zero-order chi connectivity index (χ0) is 10.0. The van der Waals surface area contributed by atoms with E-state index in [4.69, 9.17) is 10.4 Å². The number of hydrogen-bond acceptors (Lipinski definition) is 3. The average molecular weight is 242 g/mol. The van der Waals surface area contributed by atoms with Crippen LogP contribution in [0.3, 0.4) is 0 Å². The fourth-order valence-electron chi connectivity index (χ4n) is 0.814. The molecule has 0 heterocycles. The minimum atomic E-state index is -1.18. The van der Waals surface area contributed by atoms with E-state index in [0.29, 0.717) is 0 Å². The number of nitriles is 1. The van der Waals surface area contributed by atoms with Crippen LogP contribution >= 0.6 is 15.9 Å². The molecule has 0 saturated carbocycles. The molecular formula is C8H4BrNO3. The highest BCUT2D eigenvalue weighted by Crippen LogP contribution is 2.28. The Morgan fingerprint density at radius 1 is 1.54 bits per heavy atom. The molecule has 0 aliphatic rings. The molecule has 66 valence electrons. The van der Waals surface area contributed by atoms with Crippen LogP contribution in [0.4, 0.5) is 0 Å². The summed E-state index contributed by atoms with van der Waals surface area (Å²) >= 11 is 2.96. The van der Waals surface area contributed by atoms with Crippen molar-refractivity contribution in [2.75, 3.05) is 0 Å². The van der Waals surface area contributed by atoms with Crippen LogP contribution in [0, 0.1) is 11.3 Å². The van der Waals surface area contributed by atoms with Gasteiger partial charge in [-0.1, -0.05) is 0 Å². The Kier molecular flexibility index (Phi) is 2.54. The van der Waals surface area contributed by atoms with Gasteiger partial charge in [0, 0.05) is 0 Å². The zero-order valence-electron chi connectivity index (χ0n) is 6.28. The van der Waals surface area contributed by atoms with Crippen molar-refractivity contribution in [2.24, 2.45) is 0 Å². The third-order valence-corrected chi connectivity index (χ3v) is 2.25. The van der Waals surface area contributed by atoms with Crippen molar-refractivity contribution in [1.29, 1.82) is 5.26 Å². The molecule has 0 fully saturated rings. The summed E-state index contributed by atoms with van der Waals surface area (Å²) in [6.07, 6.45) is 0. The van der Waals surface area contributed by atoms with Crippen molar-refractivity contribution in [3.63, 3.8) is 0 Å². The molecule has 0 unspecified atom stereocenters. The number of rotatable bonds is 1. The summed E-state index contributed by atoms with van der Waals surface area (Å²) in [7, 11) is 0. The smallest absolute Gasteiger partial charge is 0.335 e. The van der Waals surface area contributed by atoms with E-state index in [9.17, 15) is 9.90 Å². The largest absolute Gasteiger partial charge is 0.507 e.